The van der Waals surface area contributed by atoms with Crippen LogP contribution in [-0.2, 0) is 24.2 Å². The van der Waals surface area contributed by atoms with Crippen LogP contribution in [0, 0.1) is 0 Å². The van der Waals surface area contributed by atoms with E-state index in [0.717, 1.165) is 35.9 Å². The fourth-order valence-electron chi connectivity index (χ4n) is 3.48. The molecule has 2 aromatic carbocycles. The van der Waals surface area contributed by atoms with E-state index in [1.165, 1.54) is 22.2 Å². The minimum atomic E-state index is -0.0966. The lowest BCUT2D eigenvalue weighted by Gasteiger charge is -2.14. The lowest BCUT2D eigenvalue weighted by atomic mass is 10.1. The molecule has 2 aromatic heterocycles. The number of nitrogens with zero attached hydrogens (tertiary/aromatic N) is 3. The fourth-order valence-corrected chi connectivity index (χ4v) is 5.11. The standard InChI is InChI=1S/C25H25ClN4OS2/c1-18(20-9-11-21(26)12-10-20)27-24(31)17-33-25-29-28-23(16-22-8-5-15-32-22)30(25)14-13-19-6-3-2-4-7-19/h2-12,15,18H,13-14,16-17H2,1H3,(H,27,31). The van der Waals surface area contributed by atoms with Crippen LogP contribution in [0.15, 0.2) is 77.3 Å². The zero-order chi connectivity index (χ0) is 23.0. The molecule has 170 valence electrons. The SMILES string of the molecule is CC(NC(=O)CSc1nnc(Cc2cccs2)n1CCc1ccccc1)c1ccc(Cl)cc1. The van der Waals surface area contributed by atoms with E-state index in [9.17, 15) is 4.79 Å². The molecule has 0 aliphatic rings. The largest absolute Gasteiger partial charge is 0.349 e. The Morgan fingerprint density at radius 2 is 1.88 bits per heavy atom. The predicted molar refractivity (Wildman–Crippen MR) is 136 cm³/mol. The van der Waals surface area contributed by atoms with Gasteiger partial charge in [0, 0.05) is 22.9 Å². The third-order valence-electron chi connectivity index (χ3n) is 5.25. The van der Waals surface area contributed by atoms with Crippen molar-refractivity contribution in [3.8, 4) is 0 Å². The van der Waals surface area contributed by atoms with Crippen molar-refractivity contribution in [3.05, 3.63) is 99.0 Å². The van der Waals surface area contributed by atoms with Gasteiger partial charge >= 0.3 is 0 Å². The third-order valence-corrected chi connectivity index (χ3v) is 7.35. The van der Waals surface area contributed by atoms with Gasteiger partial charge in [0.05, 0.1) is 11.8 Å². The minimum absolute atomic E-state index is 0.0418. The fraction of sp³-hybridized carbons (Fsp3) is 0.240. The number of carbonyl (C=O) groups is 1. The number of rotatable bonds is 10. The van der Waals surface area contributed by atoms with Crippen molar-refractivity contribution in [1.82, 2.24) is 20.1 Å². The van der Waals surface area contributed by atoms with E-state index in [1.807, 2.05) is 43.3 Å². The van der Waals surface area contributed by atoms with Gasteiger partial charge < -0.3 is 9.88 Å². The normalized spacial score (nSPS) is 11.9. The third kappa shape index (κ3) is 6.69. The van der Waals surface area contributed by atoms with Crippen molar-refractivity contribution >= 4 is 40.6 Å². The summed E-state index contributed by atoms with van der Waals surface area (Å²) in [6.45, 7) is 2.73. The molecule has 1 atom stereocenters. The summed E-state index contributed by atoms with van der Waals surface area (Å²) < 4.78 is 2.15. The molecule has 8 heteroatoms. The molecule has 0 spiro atoms. The number of aromatic nitrogens is 3. The number of benzene rings is 2. The van der Waals surface area contributed by atoms with Gasteiger partial charge in [-0.1, -0.05) is 71.9 Å². The Morgan fingerprint density at radius 3 is 2.61 bits per heavy atom. The number of hydrogen-bond donors (Lipinski definition) is 1. The van der Waals surface area contributed by atoms with E-state index in [0.29, 0.717) is 5.02 Å². The van der Waals surface area contributed by atoms with Crippen molar-refractivity contribution < 1.29 is 4.79 Å². The lowest BCUT2D eigenvalue weighted by Crippen LogP contribution is -2.28. The Labute approximate surface area is 207 Å². The molecule has 2 heterocycles. The maximum absolute atomic E-state index is 12.6. The number of thiophene rings is 1. The maximum Gasteiger partial charge on any atom is 0.230 e. The molecular weight excluding hydrogens is 472 g/mol. The number of halogens is 1. The van der Waals surface area contributed by atoms with Crippen molar-refractivity contribution in [1.29, 1.82) is 0 Å². The van der Waals surface area contributed by atoms with Gasteiger partial charge in [0.2, 0.25) is 5.91 Å². The molecule has 1 amide bonds. The number of carbonyl (C=O) groups excluding carboxylic acids is 1. The Bertz CT molecular complexity index is 1160. The van der Waals surface area contributed by atoms with E-state index in [2.05, 4.69) is 55.8 Å². The van der Waals surface area contributed by atoms with E-state index >= 15 is 0 Å². The van der Waals surface area contributed by atoms with Crippen LogP contribution in [0.4, 0.5) is 0 Å². The van der Waals surface area contributed by atoms with Gasteiger partial charge in [0.25, 0.3) is 0 Å². The number of hydrogen-bond acceptors (Lipinski definition) is 5. The van der Waals surface area contributed by atoms with Crippen LogP contribution in [0.3, 0.4) is 0 Å². The average molecular weight is 497 g/mol. The predicted octanol–water partition coefficient (Wildman–Crippen LogP) is 5.80. The first-order valence-corrected chi connectivity index (χ1v) is 13.0. The molecule has 0 fully saturated rings. The zero-order valence-corrected chi connectivity index (χ0v) is 20.7. The van der Waals surface area contributed by atoms with Gasteiger partial charge in [-0.25, -0.2) is 0 Å². The summed E-state index contributed by atoms with van der Waals surface area (Å²) in [5.74, 6) is 1.16. The summed E-state index contributed by atoms with van der Waals surface area (Å²) in [4.78, 5) is 13.9. The summed E-state index contributed by atoms with van der Waals surface area (Å²) in [5.41, 5.74) is 2.28. The number of amides is 1. The summed E-state index contributed by atoms with van der Waals surface area (Å²) >= 11 is 9.10. The van der Waals surface area contributed by atoms with Crippen LogP contribution in [0.25, 0.3) is 0 Å². The second-order valence-corrected chi connectivity index (χ2v) is 10.1. The number of nitrogens with one attached hydrogen (secondary N) is 1. The Morgan fingerprint density at radius 1 is 1.09 bits per heavy atom. The molecule has 33 heavy (non-hydrogen) atoms. The lowest BCUT2D eigenvalue weighted by molar-refractivity contribution is -0.119. The van der Waals surface area contributed by atoms with Gasteiger partial charge in [0.1, 0.15) is 5.82 Å². The first kappa shape index (κ1) is 23.5. The van der Waals surface area contributed by atoms with Crippen LogP contribution < -0.4 is 5.32 Å². The van der Waals surface area contributed by atoms with Crippen molar-refractivity contribution in [2.45, 2.75) is 37.5 Å². The first-order chi connectivity index (χ1) is 16.1. The van der Waals surface area contributed by atoms with Crippen LogP contribution in [0.5, 0.6) is 0 Å². The molecule has 5 nitrogen and oxygen atoms in total. The minimum Gasteiger partial charge on any atom is -0.349 e. The van der Waals surface area contributed by atoms with Crippen molar-refractivity contribution in [3.63, 3.8) is 0 Å². The van der Waals surface area contributed by atoms with Crippen molar-refractivity contribution in [2.24, 2.45) is 0 Å². The summed E-state index contributed by atoms with van der Waals surface area (Å²) in [6.07, 6.45) is 1.61. The van der Waals surface area contributed by atoms with E-state index in [-0.39, 0.29) is 17.7 Å². The average Bonchev–Trinajstić information content (AvgIpc) is 3.47. The Kier molecular flexibility index (Phi) is 8.20. The van der Waals surface area contributed by atoms with E-state index in [4.69, 9.17) is 11.6 Å². The van der Waals surface area contributed by atoms with Crippen LogP contribution in [-0.4, -0.2) is 26.4 Å². The molecule has 0 aliphatic carbocycles. The summed E-state index contributed by atoms with van der Waals surface area (Å²) in [6, 6.07) is 22.0. The molecule has 0 saturated carbocycles. The molecule has 0 saturated heterocycles. The van der Waals surface area contributed by atoms with Crippen molar-refractivity contribution in [2.75, 3.05) is 5.75 Å². The van der Waals surface area contributed by atoms with E-state index < -0.39 is 0 Å². The second-order valence-electron chi connectivity index (χ2n) is 7.67. The van der Waals surface area contributed by atoms with Gasteiger partial charge in [-0.05, 0) is 48.1 Å². The summed E-state index contributed by atoms with van der Waals surface area (Å²) in [7, 11) is 0. The molecule has 0 bridgehead atoms. The highest BCUT2D eigenvalue weighted by Crippen LogP contribution is 2.22. The molecule has 0 radical (unpaired) electrons. The Balaban J connectivity index is 1.41. The molecule has 4 aromatic rings. The molecule has 4 rings (SSSR count). The first-order valence-electron chi connectivity index (χ1n) is 10.7. The Hall–Kier alpha value is -2.61. The highest BCUT2D eigenvalue weighted by molar-refractivity contribution is 7.99. The van der Waals surface area contributed by atoms with Crippen LogP contribution in [0.1, 0.15) is 34.8 Å². The van der Waals surface area contributed by atoms with Crippen LogP contribution in [0.2, 0.25) is 5.02 Å². The molecular formula is C25H25ClN4OS2. The van der Waals surface area contributed by atoms with Crippen LogP contribution >= 0.6 is 34.7 Å². The van der Waals surface area contributed by atoms with Gasteiger partial charge in [-0.15, -0.1) is 21.5 Å². The molecule has 1 N–H and O–H groups in total. The smallest absolute Gasteiger partial charge is 0.230 e. The molecule has 1 unspecified atom stereocenters. The zero-order valence-electron chi connectivity index (χ0n) is 18.3. The maximum atomic E-state index is 12.6. The second kappa shape index (κ2) is 11.5. The highest BCUT2D eigenvalue weighted by atomic mass is 35.5. The topological polar surface area (TPSA) is 59.8 Å². The summed E-state index contributed by atoms with van der Waals surface area (Å²) in [5, 5.41) is 15.4. The highest BCUT2D eigenvalue weighted by Gasteiger charge is 2.16. The molecule has 0 aliphatic heterocycles. The quantitative estimate of drug-likeness (QED) is 0.282. The van der Waals surface area contributed by atoms with E-state index in [1.54, 1.807) is 11.3 Å². The van der Waals surface area contributed by atoms with Gasteiger partial charge in [-0.2, -0.15) is 0 Å². The monoisotopic (exact) mass is 496 g/mol. The van der Waals surface area contributed by atoms with Gasteiger partial charge in [-0.3, -0.25) is 4.79 Å². The van der Waals surface area contributed by atoms with Gasteiger partial charge in [0.15, 0.2) is 5.16 Å². The number of thioether (sulfide) groups is 1. The number of aryl methyl sites for hydroxylation is 1.